The summed E-state index contributed by atoms with van der Waals surface area (Å²) in [4.78, 5) is 19.6. The molecule has 0 unspecified atom stereocenters. The summed E-state index contributed by atoms with van der Waals surface area (Å²) in [6.07, 6.45) is 14.6. The molecular formula is C28H45O3PS. The van der Waals surface area contributed by atoms with Crippen LogP contribution in [0.5, 0.6) is 0 Å². The highest BCUT2D eigenvalue weighted by Gasteiger charge is 2.07. The molecule has 0 atom stereocenters. The average molecular weight is 493 g/mol. The number of hydrogen-bond donors (Lipinski definition) is 2. The zero-order valence-corrected chi connectivity index (χ0v) is 22.7. The van der Waals surface area contributed by atoms with Gasteiger partial charge < -0.3 is 14.3 Å². The Hall–Kier alpha value is -0.900. The average Bonchev–Trinajstić information content (AvgIpc) is 2.82. The summed E-state index contributed by atoms with van der Waals surface area (Å²) in [5.74, 6) is 0. The van der Waals surface area contributed by atoms with Crippen LogP contribution in [0.3, 0.4) is 0 Å². The number of aryl methyl sites for hydroxylation is 2. The van der Waals surface area contributed by atoms with Crippen LogP contribution in [-0.2, 0) is 17.4 Å². The van der Waals surface area contributed by atoms with Gasteiger partial charge >= 0.3 is 8.60 Å². The molecule has 0 amide bonds. The predicted molar refractivity (Wildman–Crippen MR) is 145 cm³/mol. The minimum absolute atomic E-state index is 0.477. The molecule has 0 aliphatic heterocycles. The lowest BCUT2D eigenvalue weighted by Gasteiger charge is -2.12. The smallest absolute Gasteiger partial charge is 0.327 e. The second-order valence-electron chi connectivity index (χ2n) is 8.38. The van der Waals surface area contributed by atoms with Crippen LogP contribution in [0.2, 0.25) is 0 Å². The van der Waals surface area contributed by atoms with Gasteiger partial charge in [0.2, 0.25) is 0 Å². The molecule has 5 heteroatoms. The quantitative estimate of drug-likeness (QED) is 0.181. The fraction of sp³-hybridized carbons (Fsp3) is 0.571. The van der Waals surface area contributed by atoms with E-state index < -0.39 is 8.60 Å². The van der Waals surface area contributed by atoms with Crippen LogP contribution in [0.1, 0.15) is 96.1 Å². The molecule has 3 nitrogen and oxygen atoms in total. The van der Waals surface area contributed by atoms with E-state index in [0.29, 0.717) is 6.61 Å². The highest BCUT2D eigenvalue weighted by atomic mass is 32.2. The summed E-state index contributed by atoms with van der Waals surface area (Å²) in [5.41, 5.74) is 2.99. The summed E-state index contributed by atoms with van der Waals surface area (Å²) >= 11 is 1.94. The third kappa shape index (κ3) is 14.9. The first-order valence-electron chi connectivity index (χ1n) is 12.8. The molecule has 0 aromatic heterocycles. The number of benzene rings is 2. The minimum atomic E-state index is -2.13. The van der Waals surface area contributed by atoms with Crippen molar-refractivity contribution in [2.45, 2.75) is 108 Å². The van der Waals surface area contributed by atoms with E-state index in [2.05, 4.69) is 73.8 Å². The van der Waals surface area contributed by atoms with Crippen molar-refractivity contribution in [3.63, 3.8) is 0 Å². The molecule has 0 spiro atoms. The van der Waals surface area contributed by atoms with E-state index in [1.807, 2.05) is 11.8 Å². The van der Waals surface area contributed by atoms with Crippen LogP contribution in [0.4, 0.5) is 0 Å². The summed E-state index contributed by atoms with van der Waals surface area (Å²) < 4.78 is 4.62. The Labute approximate surface area is 208 Å². The number of hydrogen-bond acceptors (Lipinski definition) is 4. The molecule has 2 aromatic rings. The molecule has 0 radical (unpaired) electrons. The zero-order valence-electron chi connectivity index (χ0n) is 21.0. The third-order valence-corrected chi connectivity index (χ3v) is 7.12. The van der Waals surface area contributed by atoms with Gasteiger partial charge in [-0.25, -0.2) is 0 Å². The standard InChI is InChI=1S/C20H26S.C8H19O3P/c1-3-5-11-17-13-7-9-15-19(17)21-20-16-10-8-14-18(20)12-6-4-2;1-2-3-4-5-6-7-8-11-12(9)10/h7-10,13-16H,3-6,11-12H2,1-2H3;9-10H,2-8H2,1H3. The van der Waals surface area contributed by atoms with Gasteiger partial charge in [-0.3, -0.25) is 0 Å². The summed E-state index contributed by atoms with van der Waals surface area (Å²) in [5, 5.41) is 0. The molecule has 0 fully saturated rings. The molecule has 0 aliphatic carbocycles. The molecule has 33 heavy (non-hydrogen) atoms. The molecule has 0 aliphatic rings. The van der Waals surface area contributed by atoms with Crippen LogP contribution in [0.15, 0.2) is 58.3 Å². The molecule has 0 bridgehead atoms. The predicted octanol–water partition coefficient (Wildman–Crippen LogP) is 9.10. The fourth-order valence-corrected chi connectivity index (χ4v) is 4.93. The highest BCUT2D eigenvalue weighted by Crippen LogP contribution is 2.34. The summed E-state index contributed by atoms with van der Waals surface area (Å²) in [7, 11) is -2.13. The van der Waals surface area contributed by atoms with E-state index in [0.717, 1.165) is 12.8 Å². The second-order valence-corrected chi connectivity index (χ2v) is 10.2. The van der Waals surface area contributed by atoms with Gasteiger partial charge in [-0.05, 0) is 55.4 Å². The van der Waals surface area contributed by atoms with Crippen molar-refractivity contribution in [2.24, 2.45) is 0 Å². The Morgan fingerprint density at radius 2 is 1.09 bits per heavy atom. The SMILES string of the molecule is CCCCCCCCOP(O)O.CCCCc1ccccc1Sc1ccccc1CCCC. The Morgan fingerprint density at radius 1 is 0.636 bits per heavy atom. The monoisotopic (exact) mass is 492 g/mol. The minimum Gasteiger partial charge on any atom is -0.328 e. The van der Waals surface area contributed by atoms with E-state index in [-0.39, 0.29) is 0 Å². The van der Waals surface area contributed by atoms with Crippen molar-refractivity contribution in [2.75, 3.05) is 6.61 Å². The van der Waals surface area contributed by atoms with Crippen LogP contribution in [-0.4, -0.2) is 16.4 Å². The van der Waals surface area contributed by atoms with E-state index in [9.17, 15) is 0 Å². The van der Waals surface area contributed by atoms with E-state index in [4.69, 9.17) is 9.79 Å². The first-order valence-corrected chi connectivity index (χ1v) is 14.7. The summed E-state index contributed by atoms with van der Waals surface area (Å²) in [6, 6.07) is 17.8. The van der Waals surface area contributed by atoms with Gasteiger partial charge in [0.05, 0.1) is 6.61 Å². The Balaban J connectivity index is 0.000000389. The zero-order chi connectivity index (χ0) is 24.2. The van der Waals surface area contributed by atoms with Gasteiger partial charge in [-0.2, -0.15) is 0 Å². The van der Waals surface area contributed by atoms with Crippen molar-refractivity contribution in [3.05, 3.63) is 59.7 Å². The lowest BCUT2D eigenvalue weighted by Crippen LogP contribution is -1.91. The Kier molecular flexibility index (Phi) is 18.7. The highest BCUT2D eigenvalue weighted by molar-refractivity contribution is 7.99. The summed E-state index contributed by atoms with van der Waals surface area (Å²) in [6.45, 7) is 7.18. The molecule has 0 saturated heterocycles. The van der Waals surface area contributed by atoms with Crippen molar-refractivity contribution >= 4 is 20.4 Å². The first-order chi connectivity index (χ1) is 16.1. The van der Waals surface area contributed by atoms with Crippen LogP contribution >= 0.6 is 20.4 Å². The van der Waals surface area contributed by atoms with Crippen molar-refractivity contribution < 1.29 is 14.3 Å². The maximum atomic E-state index is 8.39. The second kappa shape index (κ2) is 20.5. The molecule has 0 saturated carbocycles. The van der Waals surface area contributed by atoms with Gasteiger partial charge in [-0.15, -0.1) is 0 Å². The van der Waals surface area contributed by atoms with Crippen molar-refractivity contribution in [1.29, 1.82) is 0 Å². The lowest BCUT2D eigenvalue weighted by molar-refractivity contribution is 0.248. The van der Waals surface area contributed by atoms with E-state index in [1.54, 1.807) is 0 Å². The van der Waals surface area contributed by atoms with Gasteiger partial charge in [-0.1, -0.05) is 114 Å². The largest absolute Gasteiger partial charge is 0.328 e. The normalized spacial score (nSPS) is 10.8. The Bertz CT molecular complexity index is 674. The maximum absolute atomic E-state index is 8.39. The fourth-order valence-electron chi connectivity index (χ4n) is 3.50. The van der Waals surface area contributed by atoms with E-state index in [1.165, 1.54) is 85.1 Å². The molecule has 0 heterocycles. The van der Waals surface area contributed by atoms with Gasteiger partial charge in [0, 0.05) is 9.79 Å². The molecule has 186 valence electrons. The van der Waals surface area contributed by atoms with Gasteiger partial charge in [0.25, 0.3) is 0 Å². The molecule has 2 rings (SSSR count). The van der Waals surface area contributed by atoms with Crippen molar-refractivity contribution in [1.82, 2.24) is 0 Å². The lowest BCUT2D eigenvalue weighted by atomic mass is 10.1. The maximum Gasteiger partial charge on any atom is 0.327 e. The van der Waals surface area contributed by atoms with Crippen LogP contribution in [0, 0.1) is 0 Å². The molecule has 2 N–H and O–H groups in total. The molecular weight excluding hydrogens is 447 g/mol. The number of rotatable bonds is 16. The van der Waals surface area contributed by atoms with Crippen LogP contribution < -0.4 is 0 Å². The Morgan fingerprint density at radius 3 is 1.58 bits per heavy atom. The topological polar surface area (TPSA) is 49.7 Å². The van der Waals surface area contributed by atoms with Gasteiger partial charge in [0.1, 0.15) is 0 Å². The first kappa shape index (κ1) is 30.1. The van der Waals surface area contributed by atoms with Crippen molar-refractivity contribution in [3.8, 4) is 0 Å². The third-order valence-electron chi connectivity index (χ3n) is 5.47. The van der Waals surface area contributed by atoms with Gasteiger partial charge in [0.15, 0.2) is 0 Å². The van der Waals surface area contributed by atoms with Crippen LogP contribution in [0.25, 0.3) is 0 Å². The van der Waals surface area contributed by atoms with E-state index >= 15 is 0 Å². The molecule has 2 aromatic carbocycles. The number of unbranched alkanes of at least 4 members (excludes halogenated alkanes) is 7.